The number of likely N-dealkylation sites (N-methyl/N-ethyl adjacent to an activating group) is 1. The number of nitrogens with one attached hydrogen (secondary N) is 1. The van der Waals surface area contributed by atoms with E-state index < -0.39 is 0 Å². The second-order valence-corrected chi connectivity index (χ2v) is 6.86. The van der Waals surface area contributed by atoms with E-state index in [0.717, 1.165) is 30.5 Å². The first kappa shape index (κ1) is 26.3. The second-order valence-electron chi connectivity index (χ2n) is 6.86. The lowest BCUT2D eigenvalue weighted by Crippen LogP contribution is -2.48. The molecule has 2 heterocycles. The summed E-state index contributed by atoms with van der Waals surface area (Å²) in [6.45, 7) is 27.4. The third-order valence-electron chi connectivity index (χ3n) is 4.89. The van der Waals surface area contributed by atoms with Gasteiger partial charge in [-0.2, -0.15) is 0 Å². The highest BCUT2D eigenvalue weighted by molar-refractivity contribution is 5.84. The molecule has 1 aliphatic carbocycles. The lowest BCUT2D eigenvalue weighted by Gasteiger charge is -2.40. The Kier molecular flexibility index (Phi) is 10.9. The van der Waals surface area contributed by atoms with E-state index in [2.05, 4.69) is 70.0 Å². The maximum Gasteiger partial charge on any atom is 0.161 e. The highest BCUT2D eigenvalue weighted by Gasteiger charge is 2.37. The van der Waals surface area contributed by atoms with Crippen LogP contribution in [0.2, 0.25) is 0 Å². The molecule has 0 radical (unpaired) electrons. The van der Waals surface area contributed by atoms with Crippen LogP contribution >= 0.6 is 0 Å². The van der Waals surface area contributed by atoms with E-state index in [9.17, 15) is 0 Å². The fourth-order valence-corrected chi connectivity index (χ4v) is 3.60. The van der Waals surface area contributed by atoms with Crippen LogP contribution in [0, 0.1) is 0 Å². The number of aromatic nitrogens is 2. The Morgan fingerprint density at radius 2 is 1.76 bits per heavy atom. The third kappa shape index (κ3) is 5.67. The molecule has 1 aliphatic rings. The van der Waals surface area contributed by atoms with Gasteiger partial charge in [0.2, 0.25) is 0 Å². The second kappa shape index (κ2) is 12.0. The molecule has 160 valence electrons. The van der Waals surface area contributed by atoms with Crippen LogP contribution in [0.25, 0.3) is 16.7 Å². The number of nitrogen functional groups attached to an aromatic ring is 1. The first-order chi connectivity index (χ1) is 13.8. The Bertz CT molecular complexity index is 809. The lowest BCUT2D eigenvalue weighted by atomic mass is 9.72. The molecule has 0 spiro atoms. The van der Waals surface area contributed by atoms with Gasteiger partial charge in [-0.15, -0.1) is 26.3 Å². The fourth-order valence-electron chi connectivity index (χ4n) is 3.60. The molecule has 5 nitrogen and oxygen atoms in total. The lowest BCUT2D eigenvalue weighted by molar-refractivity contribution is 0.301. The van der Waals surface area contributed by atoms with E-state index in [1.807, 2.05) is 19.9 Å². The first-order valence-electron chi connectivity index (χ1n) is 10.1. The molecule has 0 fully saturated rings. The van der Waals surface area contributed by atoms with Crippen LogP contribution in [0.5, 0.6) is 0 Å². The number of rotatable bonds is 3. The minimum absolute atomic E-state index is 0.0373. The van der Waals surface area contributed by atoms with Gasteiger partial charge in [0.25, 0.3) is 0 Å². The Morgan fingerprint density at radius 3 is 2.28 bits per heavy atom. The summed E-state index contributed by atoms with van der Waals surface area (Å²) in [5.41, 5.74) is 16.0. The van der Waals surface area contributed by atoms with Crippen LogP contribution in [-0.4, -0.2) is 22.6 Å². The van der Waals surface area contributed by atoms with Crippen molar-refractivity contribution >= 4 is 22.5 Å². The molecule has 2 aromatic heterocycles. The maximum atomic E-state index is 6.00. The average Bonchev–Trinajstić information content (AvgIpc) is 2.73. The van der Waals surface area contributed by atoms with Crippen LogP contribution in [0.15, 0.2) is 45.0 Å². The van der Waals surface area contributed by atoms with Crippen molar-refractivity contribution in [1.29, 1.82) is 0 Å². The summed E-state index contributed by atoms with van der Waals surface area (Å²) in [5, 5.41) is 4.56. The van der Waals surface area contributed by atoms with Crippen molar-refractivity contribution in [2.75, 3.05) is 12.3 Å². The van der Waals surface area contributed by atoms with Crippen LogP contribution in [0.1, 0.15) is 57.9 Å². The van der Waals surface area contributed by atoms with E-state index in [1.54, 1.807) is 0 Å². The van der Waals surface area contributed by atoms with Gasteiger partial charge < -0.3 is 16.8 Å². The van der Waals surface area contributed by atoms with E-state index in [4.69, 9.17) is 16.5 Å². The summed E-state index contributed by atoms with van der Waals surface area (Å²) in [6, 6.07) is 4.54. The molecular weight excluding hydrogens is 358 g/mol. The van der Waals surface area contributed by atoms with Crippen molar-refractivity contribution in [3.8, 4) is 0 Å². The van der Waals surface area contributed by atoms with Gasteiger partial charge in [-0.25, -0.2) is 9.97 Å². The number of aryl methyl sites for hydroxylation is 1. The smallest absolute Gasteiger partial charge is 0.161 e. The van der Waals surface area contributed by atoms with Crippen molar-refractivity contribution in [3.63, 3.8) is 0 Å². The quantitative estimate of drug-likeness (QED) is 0.636. The molecule has 0 saturated carbocycles. The van der Waals surface area contributed by atoms with Crippen LogP contribution in [-0.2, 0) is 11.8 Å². The topological polar surface area (TPSA) is 89.8 Å². The van der Waals surface area contributed by atoms with Gasteiger partial charge in [-0.05, 0) is 37.1 Å². The van der Waals surface area contributed by atoms with Gasteiger partial charge >= 0.3 is 0 Å². The fraction of sp³-hybridized carbons (Fsp3) is 0.417. The maximum absolute atomic E-state index is 6.00. The summed E-state index contributed by atoms with van der Waals surface area (Å²) < 4.78 is 0. The van der Waals surface area contributed by atoms with Crippen molar-refractivity contribution in [3.05, 3.63) is 61.8 Å². The number of nitrogens with zero attached hydrogens (tertiary/aromatic N) is 2. The summed E-state index contributed by atoms with van der Waals surface area (Å²) in [5.74, 6) is 0.384. The zero-order valence-corrected chi connectivity index (χ0v) is 18.9. The number of hydrogen-bond acceptors (Lipinski definition) is 5. The van der Waals surface area contributed by atoms with Gasteiger partial charge in [0.05, 0.1) is 5.69 Å². The molecule has 5 heteroatoms. The highest BCUT2D eigenvalue weighted by atomic mass is 15.0. The largest absolute Gasteiger partial charge is 0.399 e. The molecule has 0 aliphatic heterocycles. The molecule has 2 aromatic rings. The van der Waals surface area contributed by atoms with E-state index in [1.165, 1.54) is 5.56 Å². The summed E-state index contributed by atoms with van der Waals surface area (Å²) in [6.07, 6.45) is 2.13. The normalized spacial score (nSPS) is 16.0. The Balaban J connectivity index is 0.00000120. The molecule has 1 atom stereocenters. The highest BCUT2D eigenvalue weighted by Crippen LogP contribution is 2.37. The number of fused-ring (bicyclic) bond motifs is 2. The zero-order valence-electron chi connectivity index (χ0n) is 18.9. The molecule has 0 amide bonds. The molecule has 0 saturated heterocycles. The molecule has 5 N–H and O–H groups in total. The van der Waals surface area contributed by atoms with E-state index in [0.29, 0.717) is 28.8 Å². The Labute approximate surface area is 177 Å². The SMILES string of the molecule is C=C.C=C.C=C(N)c1cc2cc3c(nc2nc1N)C(C)(C)C(NCC)CC3.CC. The average molecular weight is 398 g/mol. The molecular formula is C24H39N5. The number of nitrogens with two attached hydrogens (primary N) is 2. The van der Waals surface area contributed by atoms with Gasteiger partial charge in [0.15, 0.2) is 5.65 Å². The molecule has 3 rings (SSSR count). The molecule has 1 unspecified atom stereocenters. The summed E-state index contributed by atoms with van der Waals surface area (Å²) in [7, 11) is 0. The number of anilines is 1. The number of pyridine rings is 2. The number of hydrogen-bond donors (Lipinski definition) is 3. The van der Waals surface area contributed by atoms with Crippen LogP contribution in [0.3, 0.4) is 0 Å². The van der Waals surface area contributed by atoms with Crippen molar-refractivity contribution in [2.45, 2.75) is 58.9 Å². The van der Waals surface area contributed by atoms with Gasteiger partial charge in [-0.3, -0.25) is 0 Å². The Morgan fingerprint density at radius 1 is 1.17 bits per heavy atom. The summed E-state index contributed by atoms with van der Waals surface area (Å²) in [4.78, 5) is 9.31. The van der Waals surface area contributed by atoms with Gasteiger partial charge in [-0.1, -0.05) is 41.2 Å². The predicted octanol–water partition coefficient (Wildman–Crippen LogP) is 4.97. The standard InChI is InChI=1S/C18H25N5.C2H6.2C2H4/c1-5-21-14-7-6-11-8-12-9-13(10(2)19)16(20)23-17(12)22-15(11)18(14,3)4;3*1-2/h8-9,14,21H,2,5-7,19H2,1,3-4H3,(H2,20,22,23);1-2H3;2*1-2H2. The minimum atomic E-state index is -0.0373. The third-order valence-corrected chi connectivity index (χ3v) is 4.89. The monoisotopic (exact) mass is 397 g/mol. The van der Waals surface area contributed by atoms with E-state index >= 15 is 0 Å². The van der Waals surface area contributed by atoms with Gasteiger partial charge in [0.1, 0.15) is 5.82 Å². The van der Waals surface area contributed by atoms with Crippen molar-refractivity contribution in [1.82, 2.24) is 15.3 Å². The van der Waals surface area contributed by atoms with Crippen LogP contribution in [0.4, 0.5) is 5.82 Å². The van der Waals surface area contributed by atoms with Gasteiger partial charge in [0, 0.05) is 28.1 Å². The molecule has 29 heavy (non-hydrogen) atoms. The van der Waals surface area contributed by atoms with Crippen molar-refractivity contribution in [2.24, 2.45) is 5.73 Å². The van der Waals surface area contributed by atoms with E-state index in [-0.39, 0.29) is 5.41 Å². The molecule has 0 bridgehead atoms. The first-order valence-corrected chi connectivity index (χ1v) is 10.1. The zero-order chi connectivity index (χ0) is 22.8. The summed E-state index contributed by atoms with van der Waals surface area (Å²) >= 11 is 0. The van der Waals surface area contributed by atoms with Crippen molar-refractivity contribution < 1.29 is 0 Å². The Hall–Kier alpha value is -2.66. The minimum Gasteiger partial charge on any atom is -0.399 e. The molecule has 0 aromatic carbocycles. The van der Waals surface area contributed by atoms with Crippen LogP contribution < -0.4 is 16.8 Å². The predicted molar refractivity (Wildman–Crippen MR) is 130 cm³/mol.